The van der Waals surface area contributed by atoms with E-state index in [4.69, 9.17) is 11.6 Å². The Bertz CT molecular complexity index is 899. The summed E-state index contributed by atoms with van der Waals surface area (Å²) in [5, 5.41) is 3.57. The monoisotopic (exact) mass is 327 g/mol. The van der Waals surface area contributed by atoms with E-state index in [9.17, 15) is 4.79 Å². The number of rotatable bonds is 3. The number of fused-ring (bicyclic) bond motifs is 1. The first kappa shape index (κ1) is 15.6. The third-order valence-corrected chi connectivity index (χ3v) is 4.42. The summed E-state index contributed by atoms with van der Waals surface area (Å²) in [6.45, 7) is 5.83. The van der Waals surface area contributed by atoms with Gasteiger partial charge in [-0.25, -0.2) is 4.98 Å². The Morgan fingerprint density at radius 3 is 2.78 bits per heavy atom. The highest BCUT2D eigenvalue weighted by atomic mass is 35.5. The van der Waals surface area contributed by atoms with Gasteiger partial charge in [-0.1, -0.05) is 23.7 Å². The number of halogens is 1. The summed E-state index contributed by atoms with van der Waals surface area (Å²) in [4.78, 5) is 17.0. The molecule has 118 valence electrons. The molecule has 0 spiro atoms. The fourth-order valence-electron chi connectivity index (χ4n) is 2.67. The molecule has 0 radical (unpaired) electrons. The lowest BCUT2D eigenvalue weighted by molar-refractivity contribution is -0.115. The Labute approximate surface area is 140 Å². The van der Waals surface area contributed by atoms with Gasteiger partial charge in [0, 0.05) is 16.9 Å². The number of hydrogen-bond acceptors (Lipinski definition) is 2. The third-order valence-electron chi connectivity index (χ3n) is 4.01. The van der Waals surface area contributed by atoms with E-state index in [0.29, 0.717) is 5.02 Å². The maximum absolute atomic E-state index is 12.4. The number of aryl methyl sites for hydroxylation is 2. The highest BCUT2D eigenvalue weighted by Crippen LogP contribution is 2.23. The van der Waals surface area contributed by atoms with Crippen molar-refractivity contribution in [3.8, 4) is 0 Å². The van der Waals surface area contributed by atoms with Crippen molar-refractivity contribution in [2.75, 3.05) is 5.32 Å². The molecule has 0 unspecified atom stereocenters. The van der Waals surface area contributed by atoms with Crippen molar-refractivity contribution in [2.24, 2.45) is 0 Å². The Hall–Kier alpha value is -2.33. The van der Waals surface area contributed by atoms with Crippen molar-refractivity contribution in [1.82, 2.24) is 9.38 Å². The summed E-state index contributed by atoms with van der Waals surface area (Å²) in [5.41, 5.74) is 5.37. The zero-order chi connectivity index (χ0) is 16.6. The number of nitrogens with one attached hydrogen (secondary N) is 1. The lowest BCUT2D eigenvalue weighted by atomic mass is 10.2. The van der Waals surface area contributed by atoms with Crippen LogP contribution in [0.2, 0.25) is 5.02 Å². The molecular weight excluding hydrogens is 310 g/mol. The van der Waals surface area contributed by atoms with Crippen LogP contribution in [-0.2, 0) is 11.2 Å². The molecule has 1 N–H and O–H groups in total. The molecule has 0 aliphatic rings. The van der Waals surface area contributed by atoms with E-state index in [-0.39, 0.29) is 12.3 Å². The van der Waals surface area contributed by atoms with Crippen LogP contribution in [0.3, 0.4) is 0 Å². The predicted molar refractivity (Wildman–Crippen MR) is 93.2 cm³/mol. The van der Waals surface area contributed by atoms with Crippen molar-refractivity contribution >= 4 is 28.8 Å². The number of pyridine rings is 1. The summed E-state index contributed by atoms with van der Waals surface area (Å²) >= 11 is 6.10. The van der Waals surface area contributed by atoms with Crippen LogP contribution in [0.25, 0.3) is 5.65 Å². The normalized spacial score (nSPS) is 11.0. The fraction of sp³-hybridized carbons (Fsp3) is 0.222. The van der Waals surface area contributed by atoms with E-state index in [1.165, 1.54) is 0 Å². The Balaban J connectivity index is 1.88. The van der Waals surface area contributed by atoms with Gasteiger partial charge >= 0.3 is 0 Å². The minimum atomic E-state index is -0.0817. The zero-order valence-electron chi connectivity index (χ0n) is 13.4. The standard InChI is InChI=1S/C18H18ClN3O/c1-11-6-5-9-22-16(13(3)20-18(11)22)10-17(23)21-15-8-4-7-14(19)12(15)2/h4-9H,10H2,1-3H3,(H,21,23). The molecule has 0 aliphatic carbocycles. The largest absolute Gasteiger partial charge is 0.325 e. The van der Waals surface area contributed by atoms with E-state index < -0.39 is 0 Å². The van der Waals surface area contributed by atoms with Crippen molar-refractivity contribution in [1.29, 1.82) is 0 Å². The highest BCUT2D eigenvalue weighted by molar-refractivity contribution is 6.31. The maximum Gasteiger partial charge on any atom is 0.230 e. The molecule has 0 atom stereocenters. The summed E-state index contributed by atoms with van der Waals surface area (Å²) < 4.78 is 1.98. The quantitative estimate of drug-likeness (QED) is 0.787. The topological polar surface area (TPSA) is 46.4 Å². The average Bonchev–Trinajstić information content (AvgIpc) is 2.82. The van der Waals surface area contributed by atoms with Gasteiger partial charge in [0.2, 0.25) is 5.91 Å². The van der Waals surface area contributed by atoms with Gasteiger partial charge in [0.1, 0.15) is 5.65 Å². The van der Waals surface area contributed by atoms with E-state index in [0.717, 1.165) is 33.8 Å². The number of amides is 1. The van der Waals surface area contributed by atoms with Crippen LogP contribution in [0, 0.1) is 20.8 Å². The molecule has 5 heteroatoms. The molecule has 1 amide bonds. The van der Waals surface area contributed by atoms with Crippen molar-refractivity contribution in [3.63, 3.8) is 0 Å². The number of anilines is 1. The molecule has 3 aromatic rings. The number of carbonyl (C=O) groups is 1. The van der Waals surface area contributed by atoms with Crippen LogP contribution in [-0.4, -0.2) is 15.3 Å². The molecule has 0 aliphatic heterocycles. The van der Waals surface area contributed by atoms with Crippen LogP contribution in [0.5, 0.6) is 0 Å². The molecule has 0 bridgehead atoms. The van der Waals surface area contributed by atoms with Crippen molar-refractivity contribution in [2.45, 2.75) is 27.2 Å². The molecule has 2 aromatic heterocycles. The van der Waals surface area contributed by atoms with Gasteiger partial charge in [-0.3, -0.25) is 4.79 Å². The van der Waals surface area contributed by atoms with Gasteiger partial charge in [0.25, 0.3) is 0 Å². The lowest BCUT2D eigenvalue weighted by Crippen LogP contribution is -2.16. The first-order valence-electron chi connectivity index (χ1n) is 7.45. The smallest absolute Gasteiger partial charge is 0.230 e. The molecule has 4 nitrogen and oxygen atoms in total. The molecule has 1 aromatic carbocycles. The van der Waals surface area contributed by atoms with Crippen LogP contribution in [0.1, 0.15) is 22.5 Å². The van der Waals surface area contributed by atoms with E-state index in [1.54, 1.807) is 0 Å². The number of nitrogens with zero attached hydrogens (tertiary/aromatic N) is 2. The molecule has 0 saturated heterocycles. The van der Waals surface area contributed by atoms with E-state index >= 15 is 0 Å². The second-order valence-corrected chi connectivity index (χ2v) is 6.07. The highest BCUT2D eigenvalue weighted by Gasteiger charge is 2.14. The van der Waals surface area contributed by atoms with Crippen LogP contribution >= 0.6 is 11.6 Å². The molecule has 2 heterocycles. The summed E-state index contributed by atoms with van der Waals surface area (Å²) in [6.07, 6.45) is 2.21. The maximum atomic E-state index is 12.4. The van der Waals surface area contributed by atoms with Crippen LogP contribution in [0.15, 0.2) is 36.5 Å². The molecule has 0 fully saturated rings. The Morgan fingerprint density at radius 1 is 1.22 bits per heavy atom. The van der Waals surface area contributed by atoms with E-state index in [2.05, 4.69) is 10.3 Å². The van der Waals surface area contributed by atoms with Crippen molar-refractivity contribution in [3.05, 3.63) is 64.1 Å². The summed E-state index contributed by atoms with van der Waals surface area (Å²) in [6, 6.07) is 9.47. The molecule has 0 saturated carbocycles. The van der Waals surface area contributed by atoms with Crippen LogP contribution < -0.4 is 5.32 Å². The second-order valence-electron chi connectivity index (χ2n) is 5.67. The Morgan fingerprint density at radius 2 is 2.00 bits per heavy atom. The van der Waals surface area contributed by atoms with Crippen LogP contribution in [0.4, 0.5) is 5.69 Å². The van der Waals surface area contributed by atoms with Crippen molar-refractivity contribution < 1.29 is 4.79 Å². The molecule has 3 rings (SSSR count). The van der Waals surface area contributed by atoms with E-state index in [1.807, 2.05) is 61.7 Å². The first-order valence-corrected chi connectivity index (χ1v) is 7.83. The third kappa shape index (κ3) is 2.94. The number of carbonyl (C=O) groups excluding carboxylic acids is 1. The predicted octanol–water partition coefficient (Wildman–Crippen LogP) is 4.09. The average molecular weight is 328 g/mol. The minimum absolute atomic E-state index is 0.0817. The van der Waals surface area contributed by atoms with Gasteiger partial charge in [0.05, 0.1) is 17.8 Å². The Kier molecular flexibility index (Phi) is 4.09. The summed E-state index contributed by atoms with van der Waals surface area (Å²) in [7, 11) is 0. The first-order chi connectivity index (χ1) is 11.0. The molecule has 23 heavy (non-hydrogen) atoms. The minimum Gasteiger partial charge on any atom is -0.325 e. The fourth-order valence-corrected chi connectivity index (χ4v) is 2.84. The number of imidazole rings is 1. The van der Waals surface area contributed by atoms with Gasteiger partial charge in [-0.15, -0.1) is 0 Å². The van der Waals surface area contributed by atoms with Gasteiger partial charge in [0.15, 0.2) is 0 Å². The van der Waals surface area contributed by atoms with Gasteiger partial charge < -0.3 is 9.72 Å². The lowest BCUT2D eigenvalue weighted by Gasteiger charge is -2.10. The van der Waals surface area contributed by atoms with Gasteiger partial charge in [-0.2, -0.15) is 0 Å². The number of benzene rings is 1. The number of hydrogen-bond donors (Lipinski definition) is 1. The number of aromatic nitrogens is 2. The SMILES string of the molecule is Cc1nc2c(C)cccn2c1CC(=O)Nc1cccc(Cl)c1C. The molecular formula is C18H18ClN3O. The second kappa shape index (κ2) is 6.05. The summed E-state index contributed by atoms with van der Waals surface area (Å²) in [5.74, 6) is -0.0817. The zero-order valence-corrected chi connectivity index (χ0v) is 14.1. The van der Waals surface area contributed by atoms with Gasteiger partial charge in [-0.05, 0) is 50.1 Å².